The molecule has 0 saturated carbocycles. The molecule has 0 amide bonds. The number of ether oxygens (including phenoxy) is 1. The van der Waals surface area contributed by atoms with E-state index in [0.717, 1.165) is 5.56 Å². The maximum atomic E-state index is 13.0. The Labute approximate surface area is 159 Å². The zero-order valence-corrected chi connectivity index (χ0v) is 15.9. The summed E-state index contributed by atoms with van der Waals surface area (Å²) in [7, 11) is -2.08. The van der Waals surface area contributed by atoms with E-state index in [4.69, 9.17) is 4.74 Å². The third kappa shape index (κ3) is 4.31. The van der Waals surface area contributed by atoms with E-state index in [-0.39, 0.29) is 11.3 Å². The monoisotopic (exact) mass is 389 g/mol. The van der Waals surface area contributed by atoms with Crippen LogP contribution in [0.3, 0.4) is 0 Å². The zero-order valence-electron chi connectivity index (χ0n) is 15.1. The number of carboxylic acids is 1. The van der Waals surface area contributed by atoms with E-state index in [1.54, 1.807) is 12.1 Å². The fourth-order valence-electron chi connectivity index (χ4n) is 3.49. The molecular weight excluding hydrogens is 366 g/mol. The number of likely N-dealkylation sites (tertiary alicyclic amines) is 1. The lowest BCUT2D eigenvalue weighted by molar-refractivity contribution is -0.144. The molecule has 0 bridgehead atoms. The minimum absolute atomic E-state index is 0.0799. The standard InChI is InChI=1S/C20H23NO5S/c1-26-16-7-9-17(10-8-16)27(24,25)18-11-12-21(19(13-18)20(22)23)14-15-5-3-2-4-6-15/h2-10,18-19H,11-14H2,1H3,(H,22,23). The highest BCUT2D eigenvalue weighted by Gasteiger charge is 2.39. The van der Waals surface area contributed by atoms with Crippen LogP contribution in [0.4, 0.5) is 0 Å². The van der Waals surface area contributed by atoms with E-state index in [1.807, 2.05) is 35.2 Å². The van der Waals surface area contributed by atoms with Gasteiger partial charge in [0.05, 0.1) is 17.3 Å². The Hall–Kier alpha value is -2.38. The number of nitrogens with zero attached hydrogens (tertiary/aromatic N) is 1. The molecule has 1 N–H and O–H groups in total. The van der Waals surface area contributed by atoms with Crippen LogP contribution in [0.25, 0.3) is 0 Å². The van der Waals surface area contributed by atoms with Crippen molar-refractivity contribution in [1.82, 2.24) is 4.90 Å². The van der Waals surface area contributed by atoms with E-state index in [9.17, 15) is 18.3 Å². The van der Waals surface area contributed by atoms with Gasteiger partial charge in [0.25, 0.3) is 0 Å². The Morgan fingerprint density at radius 3 is 2.41 bits per heavy atom. The van der Waals surface area contributed by atoms with Crippen molar-refractivity contribution in [1.29, 1.82) is 0 Å². The molecule has 2 aromatic rings. The van der Waals surface area contributed by atoms with Crippen molar-refractivity contribution in [3.05, 3.63) is 60.2 Å². The molecule has 0 radical (unpaired) electrons. The number of benzene rings is 2. The molecule has 144 valence electrons. The zero-order chi connectivity index (χ0) is 19.4. The molecule has 1 saturated heterocycles. The summed E-state index contributed by atoms with van der Waals surface area (Å²) in [5.74, 6) is -0.407. The summed E-state index contributed by atoms with van der Waals surface area (Å²) < 4.78 is 31.0. The molecule has 2 atom stereocenters. The van der Waals surface area contributed by atoms with Gasteiger partial charge in [-0.3, -0.25) is 9.69 Å². The molecule has 0 aliphatic carbocycles. The van der Waals surface area contributed by atoms with Crippen LogP contribution in [0.5, 0.6) is 5.75 Å². The summed E-state index contributed by atoms with van der Waals surface area (Å²) in [5.41, 5.74) is 1.01. The van der Waals surface area contributed by atoms with Crippen LogP contribution in [0, 0.1) is 0 Å². The Bertz CT molecular complexity index is 880. The molecule has 0 spiro atoms. The van der Waals surface area contributed by atoms with Crippen LogP contribution in [0.1, 0.15) is 18.4 Å². The lowest BCUT2D eigenvalue weighted by atomic mass is 10.0. The van der Waals surface area contributed by atoms with Crippen molar-refractivity contribution >= 4 is 15.8 Å². The number of carbonyl (C=O) groups is 1. The Balaban J connectivity index is 1.78. The normalized spacial score (nSPS) is 20.9. The summed E-state index contributed by atoms with van der Waals surface area (Å²) in [6.07, 6.45) is 0.488. The summed E-state index contributed by atoms with van der Waals surface area (Å²) in [6, 6.07) is 15.0. The van der Waals surface area contributed by atoms with Gasteiger partial charge >= 0.3 is 5.97 Å². The largest absolute Gasteiger partial charge is 0.497 e. The lowest BCUT2D eigenvalue weighted by Crippen LogP contribution is -2.49. The predicted octanol–water partition coefficient (Wildman–Crippen LogP) is 2.59. The predicted molar refractivity (Wildman–Crippen MR) is 101 cm³/mol. The number of aliphatic carboxylic acids is 1. The van der Waals surface area contributed by atoms with Crippen molar-refractivity contribution in [2.45, 2.75) is 35.6 Å². The summed E-state index contributed by atoms with van der Waals surface area (Å²) in [5, 5.41) is 8.95. The first-order chi connectivity index (χ1) is 12.9. The smallest absolute Gasteiger partial charge is 0.320 e. The summed E-state index contributed by atoms with van der Waals surface area (Å²) in [4.78, 5) is 13.8. The maximum absolute atomic E-state index is 13.0. The van der Waals surface area contributed by atoms with Gasteiger partial charge in [-0.1, -0.05) is 30.3 Å². The van der Waals surface area contributed by atoms with Gasteiger partial charge < -0.3 is 9.84 Å². The number of carboxylic acid groups (broad SMARTS) is 1. The molecule has 7 heteroatoms. The van der Waals surface area contributed by atoms with Gasteiger partial charge in [-0.15, -0.1) is 0 Å². The number of rotatable bonds is 6. The lowest BCUT2D eigenvalue weighted by Gasteiger charge is -2.36. The van der Waals surface area contributed by atoms with Gasteiger partial charge in [0, 0.05) is 13.1 Å². The van der Waals surface area contributed by atoms with E-state index in [2.05, 4.69) is 0 Å². The molecule has 1 aliphatic heterocycles. The minimum Gasteiger partial charge on any atom is -0.497 e. The highest BCUT2D eigenvalue weighted by atomic mass is 32.2. The highest BCUT2D eigenvalue weighted by Crippen LogP contribution is 2.30. The van der Waals surface area contributed by atoms with Gasteiger partial charge in [-0.05, 0) is 42.7 Å². The first kappa shape index (κ1) is 19.4. The van der Waals surface area contributed by atoms with E-state index >= 15 is 0 Å². The number of methoxy groups -OCH3 is 1. The second-order valence-electron chi connectivity index (χ2n) is 6.68. The van der Waals surface area contributed by atoms with Gasteiger partial charge in [0.15, 0.2) is 9.84 Å². The third-order valence-corrected chi connectivity index (χ3v) is 7.24. The summed E-state index contributed by atoms with van der Waals surface area (Å²) in [6.45, 7) is 0.916. The van der Waals surface area contributed by atoms with E-state index in [1.165, 1.54) is 19.2 Å². The molecule has 1 fully saturated rings. The first-order valence-electron chi connectivity index (χ1n) is 8.80. The van der Waals surface area contributed by atoms with E-state index in [0.29, 0.717) is 25.3 Å². The number of sulfone groups is 1. The van der Waals surface area contributed by atoms with Gasteiger partial charge in [0.1, 0.15) is 11.8 Å². The fourth-order valence-corrected chi connectivity index (χ4v) is 5.24. The molecule has 2 aromatic carbocycles. The first-order valence-corrected chi connectivity index (χ1v) is 10.3. The van der Waals surface area contributed by atoms with Crippen molar-refractivity contribution < 1.29 is 23.1 Å². The van der Waals surface area contributed by atoms with Gasteiger partial charge in [-0.2, -0.15) is 0 Å². The summed E-state index contributed by atoms with van der Waals surface area (Å²) >= 11 is 0. The molecule has 0 aromatic heterocycles. The van der Waals surface area contributed by atoms with Crippen LogP contribution < -0.4 is 4.74 Å². The van der Waals surface area contributed by atoms with Gasteiger partial charge in [-0.25, -0.2) is 8.42 Å². The van der Waals surface area contributed by atoms with Crippen molar-refractivity contribution in [3.63, 3.8) is 0 Å². The van der Waals surface area contributed by atoms with Crippen molar-refractivity contribution in [2.75, 3.05) is 13.7 Å². The Morgan fingerprint density at radius 2 is 1.81 bits per heavy atom. The SMILES string of the molecule is COc1ccc(S(=O)(=O)C2CCN(Cc3ccccc3)C(C(=O)O)C2)cc1. The third-order valence-electron chi connectivity index (χ3n) is 5.01. The average molecular weight is 389 g/mol. The van der Waals surface area contributed by atoms with Crippen LogP contribution in [0.2, 0.25) is 0 Å². The van der Waals surface area contributed by atoms with Crippen LogP contribution in [-0.4, -0.2) is 49.3 Å². The topological polar surface area (TPSA) is 83.9 Å². The van der Waals surface area contributed by atoms with Crippen molar-refractivity contribution in [2.24, 2.45) is 0 Å². The molecule has 6 nitrogen and oxygen atoms in total. The number of hydrogen-bond donors (Lipinski definition) is 1. The molecule has 2 unspecified atom stereocenters. The number of hydrogen-bond acceptors (Lipinski definition) is 5. The fraction of sp³-hybridized carbons (Fsp3) is 0.350. The number of piperidine rings is 1. The molecule has 3 rings (SSSR count). The molecular formula is C20H23NO5S. The van der Waals surface area contributed by atoms with Crippen LogP contribution in [-0.2, 0) is 21.2 Å². The van der Waals surface area contributed by atoms with Crippen LogP contribution >= 0.6 is 0 Å². The molecule has 1 aliphatic rings. The Kier molecular flexibility index (Phi) is 5.82. The second kappa shape index (κ2) is 8.10. The van der Waals surface area contributed by atoms with Crippen LogP contribution in [0.15, 0.2) is 59.5 Å². The Morgan fingerprint density at radius 1 is 1.15 bits per heavy atom. The minimum atomic E-state index is -3.60. The molecule has 27 heavy (non-hydrogen) atoms. The highest BCUT2D eigenvalue weighted by molar-refractivity contribution is 7.92. The average Bonchev–Trinajstić information content (AvgIpc) is 2.69. The quantitative estimate of drug-likeness (QED) is 0.818. The second-order valence-corrected chi connectivity index (χ2v) is 8.91. The maximum Gasteiger partial charge on any atom is 0.320 e. The van der Waals surface area contributed by atoms with E-state index < -0.39 is 27.1 Å². The van der Waals surface area contributed by atoms with Gasteiger partial charge in [0.2, 0.25) is 0 Å². The van der Waals surface area contributed by atoms with Crippen molar-refractivity contribution in [3.8, 4) is 5.75 Å². The molecule has 1 heterocycles.